The highest BCUT2D eigenvalue weighted by Gasteiger charge is 2.23. The van der Waals surface area contributed by atoms with E-state index >= 15 is 0 Å². The zero-order chi connectivity index (χ0) is 18.4. The smallest absolute Gasteiger partial charge is 0.244 e. The van der Waals surface area contributed by atoms with Crippen LogP contribution in [0.4, 0.5) is 0 Å². The van der Waals surface area contributed by atoms with Crippen molar-refractivity contribution < 1.29 is 17.9 Å². The second-order valence-corrected chi connectivity index (χ2v) is 7.53. The molecule has 2 aromatic rings. The molecule has 136 valence electrons. The summed E-state index contributed by atoms with van der Waals surface area (Å²) < 4.78 is 38.6. The topological polar surface area (TPSA) is 64.6 Å². The minimum atomic E-state index is -3.76. The fraction of sp³-hybridized carbons (Fsp3) is 0.368. The Hall–Kier alpha value is -2.05. The van der Waals surface area contributed by atoms with Gasteiger partial charge >= 0.3 is 0 Å². The van der Waals surface area contributed by atoms with Crippen molar-refractivity contribution in [3.05, 3.63) is 53.6 Å². The third kappa shape index (κ3) is 4.74. The van der Waals surface area contributed by atoms with Gasteiger partial charge in [0.2, 0.25) is 10.0 Å². The summed E-state index contributed by atoms with van der Waals surface area (Å²) in [5.41, 5.74) is 2.15. The third-order valence-electron chi connectivity index (χ3n) is 4.01. The van der Waals surface area contributed by atoms with Gasteiger partial charge in [-0.2, -0.15) is 0 Å². The molecule has 0 heterocycles. The molecule has 1 N–H and O–H groups in total. The molecule has 5 nitrogen and oxygen atoms in total. The van der Waals surface area contributed by atoms with Crippen LogP contribution in [0.15, 0.2) is 47.4 Å². The van der Waals surface area contributed by atoms with E-state index in [0.717, 1.165) is 18.4 Å². The van der Waals surface area contributed by atoms with Crippen LogP contribution in [0.1, 0.15) is 37.4 Å². The van der Waals surface area contributed by atoms with Gasteiger partial charge in [0.15, 0.2) is 0 Å². The minimum absolute atomic E-state index is 0.0591. The van der Waals surface area contributed by atoms with Crippen molar-refractivity contribution in [1.82, 2.24) is 4.72 Å². The highest BCUT2D eigenvalue weighted by Crippen LogP contribution is 2.29. The van der Waals surface area contributed by atoms with Gasteiger partial charge in [0.05, 0.1) is 14.2 Å². The molecule has 2 rings (SSSR count). The zero-order valence-electron chi connectivity index (χ0n) is 15.1. The van der Waals surface area contributed by atoms with Crippen LogP contribution in [0.3, 0.4) is 0 Å². The highest BCUT2D eigenvalue weighted by atomic mass is 32.2. The van der Waals surface area contributed by atoms with E-state index < -0.39 is 10.0 Å². The lowest BCUT2D eigenvalue weighted by atomic mass is 10.0. The fourth-order valence-corrected chi connectivity index (χ4v) is 4.04. The van der Waals surface area contributed by atoms with Crippen molar-refractivity contribution in [1.29, 1.82) is 0 Å². The van der Waals surface area contributed by atoms with Gasteiger partial charge in [0, 0.05) is 12.1 Å². The van der Waals surface area contributed by atoms with Crippen LogP contribution in [-0.4, -0.2) is 22.6 Å². The van der Waals surface area contributed by atoms with Crippen molar-refractivity contribution in [2.24, 2.45) is 0 Å². The third-order valence-corrected chi connectivity index (χ3v) is 5.57. The maximum Gasteiger partial charge on any atom is 0.244 e. The predicted molar refractivity (Wildman–Crippen MR) is 98.7 cm³/mol. The monoisotopic (exact) mass is 363 g/mol. The first-order chi connectivity index (χ1) is 11.9. The van der Waals surface area contributed by atoms with E-state index in [4.69, 9.17) is 9.47 Å². The van der Waals surface area contributed by atoms with Crippen molar-refractivity contribution in [3.63, 3.8) is 0 Å². The molecule has 0 aromatic heterocycles. The first-order valence-electron chi connectivity index (χ1n) is 8.24. The summed E-state index contributed by atoms with van der Waals surface area (Å²) >= 11 is 0. The van der Waals surface area contributed by atoms with Crippen molar-refractivity contribution in [2.45, 2.75) is 37.6 Å². The first kappa shape index (κ1) is 19.3. The Balaban J connectivity index is 2.25. The molecule has 0 amide bonds. The summed E-state index contributed by atoms with van der Waals surface area (Å²) in [4.78, 5) is 0.0591. The molecule has 0 aliphatic rings. The standard InChI is InChI=1S/C19H25NO4S/c1-5-6-15-7-9-16(10-8-15)14(2)20-25(21,22)19-13-17(23-3)11-12-18(19)24-4/h7-14,20H,5-6H2,1-4H3. The SMILES string of the molecule is CCCc1ccc(C(C)NS(=O)(=O)c2cc(OC)ccc2OC)cc1. The molecule has 0 radical (unpaired) electrons. The summed E-state index contributed by atoms with van der Waals surface area (Å²) in [6.45, 7) is 3.95. The van der Waals surface area contributed by atoms with Crippen LogP contribution in [0.5, 0.6) is 11.5 Å². The predicted octanol–water partition coefficient (Wildman–Crippen LogP) is 3.70. The van der Waals surface area contributed by atoms with Gasteiger partial charge in [-0.25, -0.2) is 13.1 Å². The number of ether oxygens (including phenoxy) is 2. The Kier molecular flexibility index (Phi) is 6.45. The van der Waals surface area contributed by atoms with Crippen LogP contribution in [0.2, 0.25) is 0 Å². The Morgan fingerprint density at radius 3 is 2.28 bits per heavy atom. The van der Waals surface area contributed by atoms with E-state index in [9.17, 15) is 8.42 Å². The molecule has 2 aromatic carbocycles. The largest absolute Gasteiger partial charge is 0.497 e. The number of rotatable bonds is 8. The molecule has 0 fully saturated rings. The van der Waals surface area contributed by atoms with Crippen LogP contribution >= 0.6 is 0 Å². The van der Waals surface area contributed by atoms with Gasteiger partial charge in [-0.05, 0) is 36.6 Å². The van der Waals surface area contributed by atoms with Gasteiger partial charge in [-0.3, -0.25) is 0 Å². The van der Waals surface area contributed by atoms with Gasteiger partial charge in [0.1, 0.15) is 16.4 Å². The molecule has 0 saturated heterocycles. The molecule has 0 aliphatic carbocycles. The summed E-state index contributed by atoms with van der Waals surface area (Å²) in [6, 6.07) is 12.3. The molecule has 0 aliphatic heterocycles. The van der Waals surface area contributed by atoms with Crippen LogP contribution in [0, 0.1) is 0 Å². The highest BCUT2D eigenvalue weighted by molar-refractivity contribution is 7.89. The molecular weight excluding hydrogens is 338 g/mol. The van der Waals surface area contributed by atoms with Crippen LogP contribution in [-0.2, 0) is 16.4 Å². The summed E-state index contributed by atoms with van der Waals surface area (Å²) in [7, 11) is -0.825. The first-order valence-corrected chi connectivity index (χ1v) is 9.72. The van der Waals surface area contributed by atoms with E-state index in [1.165, 1.54) is 25.8 Å². The lowest BCUT2D eigenvalue weighted by molar-refractivity contribution is 0.391. The molecule has 1 atom stereocenters. The van der Waals surface area contributed by atoms with E-state index in [0.29, 0.717) is 5.75 Å². The molecule has 6 heteroatoms. The zero-order valence-corrected chi connectivity index (χ0v) is 15.9. The maximum atomic E-state index is 12.8. The number of methoxy groups -OCH3 is 2. The molecule has 0 saturated carbocycles. The quantitative estimate of drug-likeness (QED) is 0.777. The maximum absolute atomic E-state index is 12.8. The number of aryl methyl sites for hydroxylation is 1. The van der Waals surface area contributed by atoms with Crippen LogP contribution < -0.4 is 14.2 Å². The van der Waals surface area contributed by atoms with Gasteiger partial charge in [-0.1, -0.05) is 37.6 Å². The number of sulfonamides is 1. The van der Waals surface area contributed by atoms with Gasteiger partial charge in [-0.15, -0.1) is 0 Å². The average molecular weight is 363 g/mol. The lowest BCUT2D eigenvalue weighted by Crippen LogP contribution is -2.27. The summed E-state index contributed by atoms with van der Waals surface area (Å²) in [5, 5.41) is 0. The molecule has 1 unspecified atom stereocenters. The van der Waals surface area contributed by atoms with E-state index in [-0.39, 0.29) is 16.7 Å². The van der Waals surface area contributed by atoms with Crippen LogP contribution in [0.25, 0.3) is 0 Å². The second kappa shape index (κ2) is 8.36. The Morgan fingerprint density at radius 1 is 1.04 bits per heavy atom. The number of benzene rings is 2. The second-order valence-electron chi connectivity index (χ2n) is 5.85. The molecule has 0 spiro atoms. The number of nitrogens with one attached hydrogen (secondary N) is 1. The molecule has 0 bridgehead atoms. The Bertz CT molecular complexity index is 801. The van der Waals surface area contributed by atoms with E-state index in [1.807, 2.05) is 31.2 Å². The van der Waals surface area contributed by atoms with Gasteiger partial charge < -0.3 is 9.47 Å². The van der Waals surface area contributed by atoms with E-state index in [2.05, 4.69) is 11.6 Å². The fourth-order valence-electron chi connectivity index (χ4n) is 2.62. The van der Waals surface area contributed by atoms with Gasteiger partial charge in [0.25, 0.3) is 0 Å². The summed E-state index contributed by atoms with van der Waals surface area (Å²) in [5.74, 6) is 0.733. The number of hydrogen-bond donors (Lipinski definition) is 1. The summed E-state index contributed by atoms with van der Waals surface area (Å²) in [6.07, 6.45) is 2.10. The van der Waals surface area contributed by atoms with Crippen molar-refractivity contribution in [2.75, 3.05) is 14.2 Å². The molecule has 25 heavy (non-hydrogen) atoms. The lowest BCUT2D eigenvalue weighted by Gasteiger charge is -2.17. The van der Waals surface area contributed by atoms with Crippen molar-refractivity contribution >= 4 is 10.0 Å². The Morgan fingerprint density at radius 2 is 1.72 bits per heavy atom. The Labute approximate surface area is 150 Å². The number of hydrogen-bond acceptors (Lipinski definition) is 4. The average Bonchev–Trinajstić information content (AvgIpc) is 2.61. The normalized spacial score (nSPS) is 12.6. The molecular formula is C19H25NO4S. The van der Waals surface area contributed by atoms with Crippen molar-refractivity contribution in [3.8, 4) is 11.5 Å². The minimum Gasteiger partial charge on any atom is -0.497 e. The van der Waals surface area contributed by atoms with E-state index in [1.54, 1.807) is 12.1 Å².